The van der Waals surface area contributed by atoms with Crippen LogP contribution in [-0.2, 0) is 26.5 Å². The first kappa shape index (κ1) is 16.9. The highest BCUT2D eigenvalue weighted by Gasteiger charge is 2.00. The number of alkyl halides is 1. The van der Waals surface area contributed by atoms with Gasteiger partial charge in [-0.3, -0.25) is 0 Å². The molecule has 1 aromatic rings. The van der Waals surface area contributed by atoms with Crippen molar-refractivity contribution in [1.29, 1.82) is 0 Å². The molecule has 0 bridgehead atoms. The smallest absolute Gasteiger partial charge is 0.0928 e. The van der Waals surface area contributed by atoms with Gasteiger partial charge >= 0.3 is 0 Å². The molecule has 19 heavy (non-hydrogen) atoms. The molecule has 0 aliphatic heterocycles. The second kappa shape index (κ2) is 11.6. The number of unbranched alkanes of at least 4 members (excludes halogenated alkanes) is 1. The minimum atomic E-state index is 0.503. The van der Waals surface area contributed by atoms with E-state index in [1.54, 1.807) is 18.4 Å². The number of aryl methyl sites for hydroxylation is 1. The molecule has 0 saturated heterocycles. The summed E-state index contributed by atoms with van der Waals surface area (Å²) in [7, 11) is 1.67. The fraction of sp³-hybridized carbons (Fsp3) is 0.769. The number of ether oxygens (including phenoxy) is 3. The molecule has 110 valence electrons. The van der Waals surface area contributed by atoms with E-state index in [9.17, 15) is 0 Å². The van der Waals surface area contributed by atoms with Gasteiger partial charge in [0, 0.05) is 19.1 Å². The third-order valence-corrected chi connectivity index (χ3v) is 3.70. The molecular weight excluding hydrogens is 286 g/mol. The van der Waals surface area contributed by atoms with Crippen molar-refractivity contribution in [1.82, 2.24) is 4.98 Å². The normalized spacial score (nSPS) is 11.1. The van der Waals surface area contributed by atoms with Crippen molar-refractivity contribution in [2.75, 3.05) is 40.1 Å². The second-order valence-electron chi connectivity index (χ2n) is 4.04. The topological polar surface area (TPSA) is 40.6 Å². The number of rotatable bonds is 12. The van der Waals surface area contributed by atoms with Crippen LogP contribution in [0.25, 0.3) is 0 Å². The lowest BCUT2D eigenvalue weighted by Gasteiger charge is -2.05. The average molecular weight is 308 g/mol. The van der Waals surface area contributed by atoms with E-state index in [1.807, 2.05) is 5.38 Å². The molecule has 6 heteroatoms. The van der Waals surface area contributed by atoms with E-state index >= 15 is 0 Å². The fourth-order valence-electron chi connectivity index (χ4n) is 1.47. The van der Waals surface area contributed by atoms with Crippen molar-refractivity contribution < 1.29 is 14.2 Å². The van der Waals surface area contributed by atoms with E-state index in [1.165, 1.54) is 5.01 Å². The summed E-state index contributed by atoms with van der Waals surface area (Å²) in [4.78, 5) is 4.42. The number of methoxy groups -OCH3 is 1. The molecule has 0 N–H and O–H groups in total. The van der Waals surface area contributed by atoms with Crippen LogP contribution in [0.3, 0.4) is 0 Å². The van der Waals surface area contributed by atoms with E-state index in [-0.39, 0.29) is 0 Å². The summed E-state index contributed by atoms with van der Waals surface area (Å²) in [5.74, 6) is 0.503. The first-order chi connectivity index (χ1) is 9.36. The Morgan fingerprint density at radius 2 is 1.84 bits per heavy atom. The standard InChI is InChI=1S/C13H22ClNO3S/c1-16-6-7-18-9-8-17-5-3-2-4-13-15-12(10-14)11-19-13/h11H,2-10H2,1H3. The van der Waals surface area contributed by atoms with Gasteiger partial charge in [0.2, 0.25) is 0 Å². The number of hydrogen-bond donors (Lipinski definition) is 0. The van der Waals surface area contributed by atoms with Crippen LogP contribution < -0.4 is 0 Å². The van der Waals surface area contributed by atoms with Gasteiger partial charge in [0.1, 0.15) is 0 Å². The third-order valence-electron chi connectivity index (χ3n) is 2.47. The number of halogens is 1. The molecule has 0 atom stereocenters. The molecule has 0 aromatic carbocycles. The van der Waals surface area contributed by atoms with Gasteiger partial charge in [-0.25, -0.2) is 4.98 Å². The van der Waals surface area contributed by atoms with Gasteiger partial charge in [-0.1, -0.05) is 0 Å². The van der Waals surface area contributed by atoms with E-state index in [0.717, 1.165) is 31.6 Å². The third kappa shape index (κ3) is 8.55. The van der Waals surface area contributed by atoms with Gasteiger partial charge < -0.3 is 14.2 Å². The minimum absolute atomic E-state index is 0.503. The summed E-state index contributed by atoms with van der Waals surface area (Å²) in [5.41, 5.74) is 0.978. The molecule has 0 saturated carbocycles. The highest BCUT2D eigenvalue weighted by atomic mass is 35.5. The quantitative estimate of drug-likeness (QED) is 0.440. The summed E-state index contributed by atoms with van der Waals surface area (Å²) in [6.07, 6.45) is 3.16. The average Bonchev–Trinajstić information content (AvgIpc) is 2.89. The van der Waals surface area contributed by atoms with Crippen LogP contribution in [-0.4, -0.2) is 45.1 Å². The fourth-order valence-corrected chi connectivity index (χ4v) is 2.54. The van der Waals surface area contributed by atoms with Crippen LogP contribution in [0.15, 0.2) is 5.38 Å². The molecule has 1 heterocycles. The van der Waals surface area contributed by atoms with E-state index in [2.05, 4.69) is 4.98 Å². The van der Waals surface area contributed by atoms with Crippen molar-refractivity contribution in [2.45, 2.75) is 25.1 Å². The Balaban J connectivity index is 1.86. The van der Waals surface area contributed by atoms with Crippen molar-refractivity contribution in [2.24, 2.45) is 0 Å². The summed E-state index contributed by atoms with van der Waals surface area (Å²) >= 11 is 7.39. The Morgan fingerprint density at radius 3 is 2.53 bits per heavy atom. The van der Waals surface area contributed by atoms with E-state index < -0.39 is 0 Å². The van der Waals surface area contributed by atoms with Crippen molar-refractivity contribution in [3.63, 3.8) is 0 Å². The monoisotopic (exact) mass is 307 g/mol. The van der Waals surface area contributed by atoms with Gasteiger partial charge in [-0.2, -0.15) is 0 Å². The molecule has 1 rings (SSSR count). The summed E-state index contributed by atoms with van der Waals surface area (Å²) in [6.45, 7) is 3.33. The van der Waals surface area contributed by atoms with Crippen LogP contribution in [0.2, 0.25) is 0 Å². The molecule has 0 spiro atoms. The Hall–Kier alpha value is -0.200. The van der Waals surface area contributed by atoms with Gasteiger partial charge in [-0.05, 0) is 19.3 Å². The van der Waals surface area contributed by atoms with Crippen LogP contribution in [0, 0.1) is 0 Å². The molecule has 0 unspecified atom stereocenters. The maximum atomic E-state index is 5.71. The molecule has 0 fully saturated rings. The lowest BCUT2D eigenvalue weighted by molar-refractivity contribution is 0.0240. The second-order valence-corrected chi connectivity index (χ2v) is 5.25. The van der Waals surface area contributed by atoms with E-state index in [4.69, 9.17) is 25.8 Å². The van der Waals surface area contributed by atoms with Crippen molar-refractivity contribution in [3.05, 3.63) is 16.1 Å². The molecule has 0 amide bonds. The molecule has 0 aliphatic rings. The summed E-state index contributed by atoms with van der Waals surface area (Å²) < 4.78 is 15.6. The largest absolute Gasteiger partial charge is 0.382 e. The zero-order valence-corrected chi connectivity index (χ0v) is 13.0. The maximum absolute atomic E-state index is 5.71. The molecule has 4 nitrogen and oxygen atoms in total. The van der Waals surface area contributed by atoms with Crippen molar-refractivity contribution >= 4 is 22.9 Å². The predicted molar refractivity (Wildman–Crippen MR) is 78.1 cm³/mol. The summed E-state index contributed by atoms with van der Waals surface area (Å²) in [6, 6.07) is 0. The van der Waals surface area contributed by atoms with E-state index in [0.29, 0.717) is 32.3 Å². The zero-order valence-electron chi connectivity index (χ0n) is 11.4. The molecule has 0 aliphatic carbocycles. The van der Waals surface area contributed by atoms with Gasteiger partial charge in [0.15, 0.2) is 0 Å². The zero-order chi connectivity index (χ0) is 13.8. The van der Waals surface area contributed by atoms with Gasteiger partial charge in [0.05, 0.1) is 43.0 Å². The first-order valence-electron chi connectivity index (χ1n) is 6.50. The van der Waals surface area contributed by atoms with Crippen molar-refractivity contribution in [3.8, 4) is 0 Å². The Morgan fingerprint density at radius 1 is 1.11 bits per heavy atom. The SMILES string of the molecule is COCCOCCOCCCCc1nc(CCl)cs1. The highest BCUT2D eigenvalue weighted by Crippen LogP contribution is 2.13. The molecule has 1 aromatic heterocycles. The number of aromatic nitrogens is 1. The Labute approximate surface area is 124 Å². The lowest BCUT2D eigenvalue weighted by Crippen LogP contribution is -2.08. The predicted octanol–water partition coefficient (Wildman–Crippen LogP) is 2.88. The Bertz CT molecular complexity index is 323. The van der Waals surface area contributed by atoms with Gasteiger partial charge in [-0.15, -0.1) is 22.9 Å². The molecular formula is C13H22ClNO3S. The number of nitrogens with zero attached hydrogens (tertiary/aromatic N) is 1. The van der Waals surface area contributed by atoms with Gasteiger partial charge in [0.25, 0.3) is 0 Å². The van der Waals surface area contributed by atoms with Crippen LogP contribution in [0.1, 0.15) is 23.5 Å². The Kier molecular flexibility index (Phi) is 10.3. The first-order valence-corrected chi connectivity index (χ1v) is 7.92. The maximum Gasteiger partial charge on any atom is 0.0928 e. The van der Waals surface area contributed by atoms with Crippen LogP contribution >= 0.6 is 22.9 Å². The number of hydrogen-bond acceptors (Lipinski definition) is 5. The molecule has 0 radical (unpaired) electrons. The summed E-state index contributed by atoms with van der Waals surface area (Å²) in [5, 5.41) is 3.19. The van der Waals surface area contributed by atoms with Crippen LogP contribution in [0.4, 0.5) is 0 Å². The minimum Gasteiger partial charge on any atom is -0.382 e. The number of thiazole rings is 1. The highest BCUT2D eigenvalue weighted by molar-refractivity contribution is 7.09. The van der Waals surface area contributed by atoms with Crippen LogP contribution in [0.5, 0.6) is 0 Å². The lowest BCUT2D eigenvalue weighted by atomic mass is 10.2.